The Morgan fingerprint density at radius 2 is 1.97 bits per heavy atom. The molecule has 9 nitrogen and oxygen atoms in total. The molecule has 0 saturated heterocycles. The van der Waals surface area contributed by atoms with Crippen molar-refractivity contribution in [1.29, 1.82) is 0 Å². The highest BCUT2D eigenvalue weighted by molar-refractivity contribution is 6.00. The molecule has 0 unspecified atom stereocenters. The predicted octanol–water partition coefficient (Wildman–Crippen LogP) is 3.14. The van der Waals surface area contributed by atoms with Crippen LogP contribution in [0, 0.1) is 10.1 Å². The first-order valence-corrected chi connectivity index (χ1v) is 9.43. The van der Waals surface area contributed by atoms with Gasteiger partial charge in [-0.05, 0) is 31.9 Å². The molecular weight excluding hydrogens is 392 g/mol. The Balaban J connectivity index is 1.79. The van der Waals surface area contributed by atoms with E-state index in [1.807, 2.05) is 31.2 Å². The molecule has 0 bridgehead atoms. The minimum Gasteiger partial charge on any atom is -0.493 e. The number of hydrogen-bond acceptors (Lipinski definition) is 7. The van der Waals surface area contributed by atoms with Crippen molar-refractivity contribution in [2.45, 2.75) is 26.3 Å². The van der Waals surface area contributed by atoms with Gasteiger partial charge in [0.05, 0.1) is 24.7 Å². The lowest BCUT2D eigenvalue weighted by Gasteiger charge is -2.22. The quantitative estimate of drug-likeness (QED) is 0.389. The van der Waals surface area contributed by atoms with Crippen LogP contribution in [0.1, 0.15) is 29.8 Å². The van der Waals surface area contributed by atoms with Crippen molar-refractivity contribution < 1.29 is 28.7 Å². The molecule has 1 atom stereocenters. The molecule has 3 rings (SSSR count). The van der Waals surface area contributed by atoms with E-state index in [0.717, 1.165) is 17.3 Å². The number of methoxy groups -OCH3 is 1. The van der Waals surface area contributed by atoms with Crippen LogP contribution in [0.5, 0.6) is 11.5 Å². The summed E-state index contributed by atoms with van der Waals surface area (Å²) in [6, 6.07) is 9.73. The maximum absolute atomic E-state index is 12.7. The van der Waals surface area contributed by atoms with Crippen molar-refractivity contribution in [1.82, 2.24) is 0 Å². The number of carbonyl (C=O) groups excluding carboxylic acids is 2. The molecule has 1 aliphatic rings. The summed E-state index contributed by atoms with van der Waals surface area (Å²) in [7, 11) is 1.36. The molecule has 0 fully saturated rings. The van der Waals surface area contributed by atoms with Crippen LogP contribution in [0.4, 0.5) is 11.4 Å². The van der Waals surface area contributed by atoms with E-state index in [2.05, 4.69) is 0 Å². The Labute approximate surface area is 173 Å². The average Bonchev–Trinajstić information content (AvgIpc) is 3.07. The normalized spacial score (nSPS) is 14.8. The second-order valence-corrected chi connectivity index (χ2v) is 6.73. The van der Waals surface area contributed by atoms with Crippen LogP contribution in [0.25, 0.3) is 0 Å². The average molecular weight is 414 g/mol. The Morgan fingerprint density at radius 3 is 2.63 bits per heavy atom. The highest BCUT2D eigenvalue weighted by atomic mass is 16.6. The Hall–Kier alpha value is -3.62. The van der Waals surface area contributed by atoms with Crippen molar-refractivity contribution in [3.05, 3.63) is 57.6 Å². The van der Waals surface area contributed by atoms with Gasteiger partial charge in [-0.1, -0.05) is 18.2 Å². The third-order valence-electron chi connectivity index (χ3n) is 4.80. The van der Waals surface area contributed by atoms with Gasteiger partial charge in [0.1, 0.15) is 5.56 Å². The molecule has 2 aromatic carbocycles. The van der Waals surface area contributed by atoms with Crippen molar-refractivity contribution in [3.8, 4) is 11.5 Å². The number of hydrogen-bond donors (Lipinski definition) is 0. The summed E-state index contributed by atoms with van der Waals surface area (Å²) < 4.78 is 15.6. The summed E-state index contributed by atoms with van der Waals surface area (Å²) in [5.41, 5.74) is 1.01. The van der Waals surface area contributed by atoms with Crippen LogP contribution in [-0.4, -0.2) is 43.2 Å². The van der Waals surface area contributed by atoms with E-state index in [9.17, 15) is 19.7 Å². The Morgan fingerprint density at radius 1 is 1.23 bits per heavy atom. The van der Waals surface area contributed by atoms with Gasteiger partial charge < -0.3 is 19.1 Å². The van der Waals surface area contributed by atoms with Crippen LogP contribution < -0.4 is 14.4 Å². The molecule has 30 heavy (non-hydrogen) atoms. The first kappa shape index (κ1) is 21.1. The molecule has 158 valence electrons. The molecule has 1 heterocycles. The molecule has 0 radical (unpaired) electrons. The topological polar surface area (TPSA) is 108 Å². The summed E-state index contributed by atoms with van der Waals surface area (Å²) in [6.45, 7) is 3.35. The molecular formula is C21H22N2O7. The number of anilines is 1. The fraction of sp³-hybridized carbons (Fsp3) is 0.333. The fourth-order valence-electron chi connectivity index (χ4n) is 3.51. The molecule has 0 N–H and O–H groups in total. The van der Waals surface area contributed by atoms with E-state index < -0.39 is 29.1 Å². The summed E-state index contributed by atoms with van der Waals surface area (Å²) >= 11 is 0. The van der Waals surface area contributed by atoms with E-state index in [1.165, 1.54) is 13.2 Å². The van der Waals surface area contributed by atoms with Gasteiger partial charge in [-0.15, -0.1) is 0 Å². The minimum absolute atomic E-state index is 0.0755. The van der Waals surface area contributed by atoms with E-state index >= 15 is 0 Å². The van der Waals surface area contributed by atoms with Crippen LogP contribution >= 0.6 is 0 Å². The van der Waals surface area contributed by atoms with E-state index in [-0.39, 0.29) is 29.7 Å². The zero-order valence-corrected chi connectivity index (χ0v) is 16.9. The van der Waals surface area contributed by atoms with E-state index in [0.29, 0.717) is 6.42 Å². The summed E-state index contributed by atoms with van der Waals surface area (Å²) in [4.78, 5) is 37.6. The first-order chi connectivity index (χ1) is 14.4. The lowest BCUT2D eigenvalue weighted by atomic mass is 10.1. The number of ether oxygens (including phenoxy) is 3. The van der Waals surface area contributed by atoms with Crippen molar-refractivity contribution in [2.75, 3.05) is 25.2 Å². The van der Waals surface area contributed by atoms with Gasteiger partial charge in [0.25, 0.3) is 11.6 Å². The molecule has 0 aromatic heterocycles. The Kier molecular flexibility index (Phi) is 6.20. The maximum Gasteiger partial charge on any atom is 0.345 e. The minimum atomic E-state index is -0.989. The SMILES string of the molecule is CCOc1cc([N+](=O)[O-])c(C(=O)OCC(=O)N2c3ccccc3C[C@@H]2C)cc1OC. The molecule has 1 aliphatic heterocycles. The van der Waals surface area contributed by atoms with Crippen LogP contribution in [0.3, 0.4) is 0 Å². The number of rotatable bonds is 7. The van der Waals surface area contributed by atoms with E-state index in [1.54, 1.807) is 11.8 Å². The van der Waals surface area contributed by atoms with Gasteiger partial charge >= 0.3 is 5.97 Å². The maximum atomic E-state index is 12.7. The second kappa shape index (κ2) is 8.81. The lowest BCUT2D eigenvalue weighted by Crippen LogP contribution is -2.38. The third kappa shape index (κ3) is 4.05. The third-order valence-corrected chi connectivity index (χ3v) is 4.80. The fourth-order valence-corrected chi connectivity index (χ4v) is 3.51. The van der Waals surface area contributed by atoms with Crippen molar-refractivity contribution in [2.24, 2.45) is 0 Å². The number of nitrogens with zero attached hydrogens (tertiary/aromatic N) is 2. The van der Waals surface area contributed by atoms with Crippen LogP contribution in [-0.2, 0) is 16.0 Å². The number of esters is 1. The van der Waals surface area contributed by atoms with Gasteiger partial charge in [-0.25, -0.2) is 4.79 Å². The second-order valence-electron chi connectivity index (χ2n) is 6.73. The van der Waals surface area contributed by atoms with Gasteiger partial charge in [0, 0.05) is 17.8 Å². The molecule has 1 amide bonds. The van der Waals surface area contributed by atoms with Gasteiger partial charge in [0.2, 0.25) is 0 Å². The molecule has 0 saturated carbocycles. The van der Waals surface area contributed by atoms with E-state index in [4.69, 9.17) is 14.2 Å². The highest BCUT2D eigenvalue weighted by Crippen LogP contribution is 2.35. The number of benzene rings is 2. The predicted molar refractivity (Wildman–Crippen MR) is 108 cm³/mol. The summed E-state index contributed by atoms with van der Waals surface area (Å²) in [5.74, 6) is -1.09. The number of nitro benzene ring substituents is 1. The molecule has 0 aliphatic carbocycles. The number of fused-ring (bicyclic) bond motifs is 1. The number of carbonyl (C=O) groups is 2. The summed E-state index contributed by atoms with van der Waals surface area (Å²) in [6.07, 6.45) is 0.706. The Bertz CT molecular complexity index is 989. The highest BCUT2D eigenvalue weighted by Gasteiger charge is 2.32. The van der Waals surface area contributed by atoms with Gasteiger partial charge in [-0.3, -0.25) is 14.9 Å². The summed E-state index contributed by atoms with van der Waals surface area (Å²) in [5, 5.41) is 11.4. The van der Waals surface area contributed by atoms with Gasteiger partial charge in [-0.2, -0.15) is 0 Å². The molecule has 0 spiro atoms. The zero-order valence-electron chi connectivity index (χ0n) is 16.9. The van der Waals surface area contributed by atoms with Gasteiger partial charge in [0.15, 0.2) is 18.1 Å². The van der Waals surface area contributed by atoms with Crippen LogP contribution in [0.2, 0.25) is 0 Å². The standard InChI is InChI=1S/C21H22N2O7/c1-4-29-19-11-17(23(26)27)15(10-18(19)28-3)21(25)30-12-20(24)22-13(2)9-14-7-5-6-8-16(14)22/h5-8,10-11,13H,4,9,12H2,1-3H3/t13-/m0/s1. The first-order valence-electron chi connectivity index (χ1n) is 9.43. The number of amides is 1. The van der Waals surface area contributed by atoms with Crippen LogP contribution in [0.15, 0.2) is 36.4 Å². The molecule has 2 aromatic rings. The smallest absolute Gasteiger partial charge is 0.345 e. The van der Waals surface area contributed by atoms with Crippen molar-refractivity contribution in [3.63, 3.8) is 0 Å². The number of para-hydroxylation sites is 1. The lowest BCUT2D eigenvalue weighted by molar-refractivity contribution is -0.385. The monoisotopic (exact) mass is 414 g/mol. The van der Waals surface area contributed by atoms with Crippen molar-refractivity contribution >= 4 is 23.3 Å². The number of nitro groups is 1. The molecule has 9 heteroatoms. The largest absolute Gasteiger partial charge is 0.493 e. The zero-order chi connectivity index (χ0) is 21.8.